The van der Waals surface area contributed by atoms with E-state index in [1.54, 1.807) is 0 Å². The van der Waals surface area contributed by atoms with Crippen molar-refractivity contribution in [2.24, 2.45) is 0 Å². The van der Waals surface area contributed by atoms with Crippen LogP contribution in [0.5, 0.6) is 0 Å². The molecule has 0 bridgehead atoms. The molecule has 0 radical (unpaired) electrons. The summed E-state index contributed by atoms with van der Waals surface area (Å²) in [5, 5.41) is 13.8. The van der Waals surface area contributed by atoms with Crippen LogP contribution in [0.4, 0.5) is 4.79 Å². The molecule has 80 valence electrons. The van der Waals surface area contributed by atoms with Crippen LogP contribution in [-0.4, -0.2) is 18.1 Å². The Hall–Kier alpha value is -1.24. The summed E-state index contributed by atoms with van der Waals surface area (Å²) in [5.74, 6) is 0. The van der Waals surface area contributed by atoms with E-state index in [0.717, 1.165) is 12.8 Å². The Bertz CT molecular complexity index is 212. The zero-order valence-corrected chi connectivity index (χ0v) is 9.18. The first-order chi connectivity index (χ1) is 6.45. The summed E-state index contributed by atoms with van der Waals surface area (Å²) in [5.41, 5.74) is -0.198. The second-order valence-corrected chi connectivity index (χ2v) is 4.25. The Labute approximate surface area is 85.7 Å². The lowest BCUT2D eigenvalue weighted by Crippen LogP contribution is -2.46. The largest absolute Gasteiger partial charge is 0.338 e. The fraction of sp³-hybridized carbons (Fsp3) is 0.800. The Morgan fingerprint density at radius 1 is 1.36 bits per heavy atom. The summed E-state index contributed by atoms with van der Waals surface area (Å²) in [7, 11) is 0. The molecule has 0 aromatic rings. The van der Waals surface area contributed by atoms with Gasteiger partial charge in [0.1, 0.15) is 0 Å². The van der Waals surface area contributed by atoms with Gasteiger partial charge in [-0.05, 0) is 33.6 Å². The quantitative estimate of drug-likeness (QED) is 0.675. The highest BCUT2D eigenvalue weighted by Gasteiger charge is 2.12. The molecule has 0 saturated carbocycles. The van der Waals surface area contributed by atoms with Gasteiger partial charge in [0.05, 0.1) is 6.07 Å². The molecule has 0 rings (SSSR count). The summed E-state index contributed by atoms with van der Waals surface area (Å²) >= 11 is 0. The van der Waals surface area contributed by atoms with Gasteiger partial charge in [-0.25, -0.2) is 4.79 Å². The van der Waals surface area contributed by atoms with E-state index >= 15 is 0 Å². The van der Waals surface area contributed by atoms with Gasteiger partial charge in [0.15, 0.2) is 0 Å². The van der Waals surface area contributed by atoms with E-state index < -0.39 is 0 Å². The van der Waals surface area contributed by atoms with Gasteiger partial charge >= 0.3 is 6.03 Å². The predicted octanol–water partition coefficient (Wildman–Crippen LogP) is 1.78. The third-order valence-corrected chi connectivity index (χ3v) is 1.49. The highest BCUT2D eigenvalue weighted by molar-refractivity contribution is 5.74. The number of amides is 2. The molecule has 4 nitrogen and oxygen atoms in total. The number of rotatable bonds is 4. The van der Waals surface area contributed by atoms with Crippen LogP contribution in [0.3, 0.4) is 0 Å². The first kappa shape index (κ1) is 12.8. The summed E-state index contributed by atoms with van der Waals surface area (Å²) in [6, 6.07) is 1.92. The van der Waals surface area contributed by atoms with E-state index in [0.29, 0.717) is 13.0 Å². The van der Waals surface area contributed by atoms with Gasteiger partial charge in [0.25, 0.3) is 0 Å². The number of nitrogens with one attached hydrogen (secondary N) is 2. The van der Waals surface area contributed by atoms with Crippen molar-refractivity contribution in [3.63, 3.8) is 0 Å². The molecule has 0 fully saturated rings. The van der Waals surface area contributed by atoms with E-state index in [4.69, 9.17) is 5.26 Å². The first-order valence-corrected chi connectivity index (χ1v) is 4.88. The molecule has 0 heterocycles. The summed E-state index contributed by atoms with van der Waals surface area (Å²) in [4.78, 5) is 11.2. The molecule has 0 aromatic carbocycles. The number of urea groups is 1. The fourth-order valence-corrected chi connectivity index (χ4v) is 0.916. The highest BCUT2D eigenvalue weighted by Crippen LogP contribution is 1.97. The van der Waals surface area contributed by atoms with Crippen LogP contribution in [0, 0.1) is 11.3 Å². The molecule has 2 amide bonds. The normalized spacial score (nSPS) is 10.4. The van der Waals surface area contributed by atoms with Gasteiger partial charge in [0, 0.05) is 18.5 Å². The Balaban J connectivity index is 3.42. The summed E-state index contributed by atoms with van der Waals surface area (Å²) < 4.78 is 0. The summed E-state index contributed by atoms with van der Waals surface area (Å²) in [6.45, 7) is 6.43. The zero-order chi connectivity index (χ0) is 11.0. The molecule has 0 aliphatic carbocycles. The number of nitriles is 1. The van der Waals surface area contributed by atoms with E-state index in [1.165, 1.54) is 0 Å². The highest BCUT2D eigenvalue weighted by atomic mass is 16.2. The maximum atomic E-state index is 11.2. The van der Waals surface area contributed by atoms with Crippen molar-refractivity contribution < 1.29 is 4.79 Å². The van der Waals surface area contributed by atoms with Crippen LogP contribution in [0.1, 0.15) is 40.0 Å². The average Bonchev–Trinajstić information content (AvgIpc) is 2.00. The van der Waals surface area contributed by atoms with Gasteiger partial charge in [-0.15, -0.1) is 0 Å². The molecule has 0 atom stereocenters. The fourth-order valence-electron chi connectivity index (χ4n) is 0.916. The number of hydrogen-bond acceptors (Lipinski definition) is 2. The molecule has 0 saturated heterocycles. The van der Waals surface area contributed by atoms with Crippen molar-refractivity contribution in [2.75, 3.05) is 6.54 Å². The minimum Gasteiger partial charge on any atom is -0.338 e. The van der Waals surface area contributed by atoms with Gasteiger partial charge in [-0.3, -0.25) is 0 Å². The van der Waals surface area contributed by atoms with Crippen molar-refractivity contribution in [2.45, 2.75) is 45.6 Å². The lowest BCUT2D eigenvalue weighted by Gasteiger charge is -2.20. The van der Waals surface area contributed by atoms with Gasteiger partial charge in [0.2, 0.25) is 0 Å². The van der Waals surface area contributed by atoms with E-state index in [9.17, 15) is 4.79 Å². The average molecular weight is 197 g/mol. The smallest absolute Gasteiger partial charge is 0.315 e. The Kier molecular flexibility index (Phi) is 5.70. The van der Waals surface area contributed by atoms with Crippen molar-refractivity contribution in [3.8, 4) is 6.07 Å². The maximum absolute atomic E-state index is 11.2. The SMILES string of the molecule is CC(C)(C)NC(=O)NCCCCC#N. The molecule has 4 heteroatoms. The summed E-state index contributed by atoms with van der Waals surface area (Å²) in [6.07, 6.45) is 2.25. The van der Waals surface area contributed by atoms with Crippen LogP contribution < -0.4 is 10.6 Å². The lowest BCUT2D eigenvalue weighted by molar-refractivity contribution is 0.232. The van der Waals surface area contributed by atoms with Crippen LogP contribution in [0.25, 0.3) is 0 Å². The molecular formula is C10H19N3O. The maximum Gasteiger partial charge on any atom is 0.315 e. The number of nitrogens with zero attached hydrogens (tertiary/aromatic N) is 1. The number of carbonyl (C=O) groups is 1. The molecule has 0 aromatic heterocycles. The molecule has 0 unspecified atom stereocenters. The number of carbonyl (C=O) groups excluding carboxylic acids is 1. The van der Waals surface area contributed by atoms with Crippen molar-refractivity contribution >= 4 is 6.03 Å². The van der Waals surface area contributed by atoms with E-state index in [1.807, 2.05) is 20.8 Å². The molecule has 0 aliphatic heterocycles. The number of unbranched alkanes of at least 4 members (excludes halogenated alkanes) is 2. The van der Waals surface area contributed by atoms with Crippen molar-refractivity contribution in [3.05, 3.63) is 0 Å². The lowest BCUT2D eigenvalue weighted by atomic mass is 10.1. The second-order valence-electron chi connectivity index (χ2n) is 4.25. The van der Waals surface area contributed by atoms with Crippen LogP contribution in [0.2, 0.25) is 0 Å². The van der Waals surface area contributed by atoms with E-state index in [2.05, 4.69) is 16.7 Å². The third-order valence-electron chi connectivity index (χ3n) is 1.49. The van der Waals surface area contributed by atoms with Crippen LogP contribution in [-0.2, 0) is 0 Å². The topological polar surface area (TPSA) is 64.9 Å². The minimum absolute atomic E-state index is 0.144. The second kappa shape index (κ2) is 6.25. The third kappa shape index (κ3) is 8.85. The molecular weight excluding hydrogens is 178 g/mol. The van der Waals surface area contributed by atoms with Gasteiger partial charge in [-0.1, -0.05) is 0 Å². The molecule has 0 aliphatic rings. The van der Waals surface area contributed by atoms with E-state index in [-0.39, 0.29) is 11.6 Å². The molecule has 14 heavy (non-hydrogen) atoms. The number of hydrogen-bond donors (Lipinski definition) is 2. The minimum atomic E-state index is -0.198. The molecule has 2 N–H and O–H groups in total. The first-order valence-electron chi connectivity index (χ1n) is 4.88. The van der Waals surface area contributed by atoms with Crippen molar-refractivity contribution in [1.82, 2.24) is 10.6 Å². The monoisotopic (exact) mass is 197 g/mol. The Morgan fingerprint density at radius 2 is 2.00 bits per heavy atom. The zero-order valence-electron chi connectivity index (χ0n) is 9.18. The van der Waals surface area contributed by atoms with Gasteiger partial charge in [-0.2, -0.15) is 5.26 Å². The molecule has 0 spiro atoms. The standard InChI is InChI=1S/C10H19N3O/c1-10(2,3)13-9(14)12-8-6-4-5-7-11/h4-6,8H2,1-3H3,(H2,12,13,14). The van der Waals surface area contributed by atoms with Crippen LogP contribution in [0.15, 0.2) is 0 Å². The van der Waals surface area contributed by atoms with Gasteiger partial charge < -0.3 is 10.6 Å². The van der Waals surface area contributed by atoms with Crippen LogP contribution >= 0.6 is 0 Å². The Morgan fingerprint density at radius 3 is 2.50 bits per heavy atom. The predicted molar refractivity (Wildman–Crippen MR) is 55.8 cm³/mol. The van der Waals surface area contributed by atoms with Crippen molar-refractivity contribution in [1.29, 1.82) is 5.26 Å².